The zero-order valence-corrected chi connectivity index (χ0v) is 35.8. The van der Waals surface area contributed by atoms with Crippen molar-refractivity contribution in [2.24, 2.45) is 0 Å². The molecule has 0 saturated heterocycles. The normalized spacial score (nSPS) is 11.4. The van der Waals surface area contributed by atoms with Crippen molar-refractivity contribution in [1.29, 1.82) is 0 Å². The Morgan fingerprint density at radius 1 is 0.266 bits per heavy atom. The first kappa shape index (κ1) is 37.7. The molecule has 12 aromatic rings. The Labute approximate surface area is 377 Å². The maximum atomic E-state index is 2.42. The van der Waals surface area contributed by atoms with Crippen LogP contribution in [0, 0.1) is 0 Å². The molecule has 64 heavy (non-hydrogen) atoms. The van der Waals surface area contributed by atoms with E-state index >= 15 is 0 Å². The number of hydrogen-bond donors (Lipinski definition) is 0. The van der Waals surface area contributed by atoms with Crippen LogP contribution in [-0.4, -0.2) is 0 Å². The smallest absolute Gasteiger partial charge is 0.0540 e. The molecule has 1 nitrogen and oxygen atoms in total. The molecule has 0 aliphatic heterocycles. The van der Waals surface area contributed by atoms with E-state index in [0.717, 1.165) is 17.1 Å². The van der Waals surface area contributed by atoms with E-state index in [4.69, 9.17) is 0 Å². The molecule has 1 aromatic heterocycles. The van der Waals surface area contributed by atoms with Gasteiger partial charge in [-0.05, 0) is 114 Å². The molecule has 0 amide bonds. The largest absolute Gasteiger partial charge is 0.310 e. The van der Waals surface area contributed by atoms with Gasteiger partial charge in [-0.3, -0.25) is 0 Å². The lowest BCUT2D eigenvalue weighted by atomic mass is 9.84. The zero-order chi connectivity index (χ0) is 42.4. The molecule has 11 aromatic carbocycles. The van der Waals surface area contributed by atoms with Crippen LogP contribution in [0.3, 0.4) is 0 Å². The van der Waals surface area contributed by atoms with Crippen molar-refractivity contribution in [3.8, 4) is 55.6 Å². The van der Waals surface area contributed by atoms with Gasteiger partial charge in [0.1, 0.15) is 0 Å². The molecule has 0 aliphatic carbocycles. The molecule has 0 spiro atoms. The number of thiophene rings is 1. The quantitative estimate of drug-likeness (QED) is 0.138. The van der Waals surface area contributed by atoms with E-state index in [-0.39, 0.29) is 0 Å². The van der Waals surface area contributed by atoms with Gasteiger partial charge in [0.15, 0.2) is 0 Å². The van der Waals surface area contributed by atoms with Crippen LogP contribution in [-0.2, 0) is 0 Å². The van der Waals surface area contributed by atoms with E-state index < -0.39 is 0 Å². The standard InChI is InChI=1S/C62H41NS/c1-4-18-43(19-5-1)50-26-12-14-32-58(50)63(49-25-16-24-47(40-49)51-30-17-31-56-54-28-13-15-33-59(54)64-62(51)56)48-37-34-42(35-38-48)46-36-39-53-52-27-10-11-29-55(52)60(44-20-6-2-7-21-44)61(57(53)41-46)45-22-8-3-9-23-45/h1-41H. The monoisotopic (exact) mass is 831 g/mol. The highest BCUT2D eigenvalue weighted by Crippen LogP contribution is 2.47. The van der Waals surface area contributed by atoms with Crippen molar-refractivity contribution < 1.29 is 0 Å². The summed E-state index contributed by atoms with van der Waals surface area (Å²) in [7, 11) is 0. The van der Waals surface area contributed by atoms with E-state index in [0.29, 0.717) is 0 Å². The first-order valence-corrected chi connectivity index (χ1v) is 22.7. The third-order valence-electron chi connectivity index (χ3n) is 12.7. The van der Waals surface area contributed by atoms with Crippen molar-refractivity contribution in [1.82, 2.24) is 0 Å². The molecule has 0 bridgehead atoms. The first-order chi connectivity index (χ1) is 31.8. The Morgan fingerprint density at radius 3 is 1.55 bits per heavy atom. The summed E-state index contributed by atoms with van der Waals surface area (Å²) < 4.78 is 2.63. The lowest BCUT2D eigenvalue weighted by molar-refractivity contribution is 1.28. The maximum Gasteiger partial charge on any atom is 0.0540 e. The van der Waals surface area contributed by atoms with E-state index in [1.54, 1.807) is 0 Å². The molecule has 2 heteroatoms. The van der Waals surface area contributed by atoms with Gasteiger partial charge in [0.2, 0.25) is 0 Å². The van der Waals surface area contributed by atoms with Crippen molar-refractivity contribution in [2.75, 3.05) is 4.90 Å². The molecule has 0 aliphatic rings. The van der Waals surface area contributed by atoms with Crippen LogP contribution in [0.25, 0.3) is 97.4 Å². The van der Waals surface area contributed by atoms with Crippen LogP contribution in [0.4, 0.5) is 17.1 Å². The van der Waals surface area contributed by atoms with Crippen LogP contribution in [0.2, 0.25) is 0 Å². The summed E-state index contributed by atoms with van der Waals surface area (Å²) in [6, 6.07) is 90.9. The number of fused-ring (bicyclic) bond motifs is 6. The molecule has 12 rings (SSSR count). The number of anilines is 3. The summed E-state index contributed by atoms with van der Waals surface area (Å²) in [4.78, 5) is 2.42. The fourth-order valence-corrected chi connectivity index (χ4v) is 11.0. The molecule has 0 N–H and O–H groups in total. The summed E-state index contributed by atoms with van der Waals surface area (Å²) in [6.07, 6.45) is 0. The van der Waals surface area contributed by atoms with Gasteiger partial charge in [0.25, 0.3) is 0 Å². The van der Waals surface area contributed by atoms with Crippen LogP contribution >= 0.6 is 11.3 Å². The predicted octanol–water partition coefficient (Wildman–Crippen LogP) is 18.2. The Hall–Kier alpha value is -8.04. The summed E-state index contributed by atoms with van der Waals surface area (Å²) in [5, 5.41) is 7.64. The summed E-state index contributed by atoms with van der Waals surface area (Å²) in [5.74, 6) is 0. The highest BCUT2D eigenvalue weighted by Gasteiger charge is 2.21. The Balaban J connectivity index is 1.02. The third kappa shape index (κ3) is 6.55. The zero-order valence-electron chi connectivity index (χ0n) is 35.0. The van der Waals surface area contributed by atoms with Crippen molar-refractivity contribution >= 4 is 70.1 Å². The number of rotatable bonds is 8. The van der Waals surface area contributed by atoms with E-state index in [9.17, 15) is 0 Å². The molecular weight excluding hydrogens is 791 g/mol. The molecule has 1 heterocycles. The van der Waals surface area contributed by atoms with Gasteiger partial charge in [-0.1, -0.05) is 206 Å². The molecule has 0 atom stereocenters. The van der Waals surface area contributed by atoms with Crippen molar-refractivity contribution in [3.05, 3.63) is 249 Å². The van der Waals surface area contributed by atoms with Crippen molar-refractivity contribution in [3.63, 3.8) is 0 Å². The highest BCUT2D eigenvalue weighted by molar-refractivity contribution is 7.26. The van der Waals surface area contributed by atoms with Gasteiger partial charge in [0.05, 0.1) is 5.69 Å². The Morgan fingerprint density at radius 2 is 0.797 bits per heavy atom. The minimum atomic E-state index is 1.09. The first-order valence-electron chi connectivity index (χ1n) is 21.9. The molecule has 0 radical (unpaired) electrons. The van der Waals surface area contributed by atoms with Gasteiger partial charge in [-0.15, -0.1) is 11.3 Å². The highest BCUT2D eigenvalue weighted by atomic mass is 32.1. The molecular formula is C62H41NS. The number of nitrogens with zero attached hydrogens (tertiary/aromatic N) is 1. The molecule has 300 valence electrons. The van der Waals surface area contributed by atoms with Gasteiger partial charge in [-0.2, -0.15) is 0 Å². The summed E-state index contributed by atoms with van der Waals surface area (Å²) >= 11 is 1.88. The Bertz CT molecular complexity index is 3650. The maximum absolute atomic E-state index is 2.42. The molecule has 0 fully saturated rings. The number of hydrogen-bond acceptors (Lipinski definition) is 2. The van der Waals surface area contributed by atoms with E-state index in [1.807, 2.05) is 11.3 Å². The molecule has 0 unspecified atom stereocenters. The van der Waals surface area contributed by atoms with Crippen LogP contribution in [0.5, 0.6) is 0 Å². The topological polar surface area (TPSA) is 3.24 Å². The van der Waals surface area contributed by atoms with Gasteiger partial charge < -0.3 is 4.90 Å². The number of benzene rings is 11. The van der Waals surface area contributed by atoms with Crippen LogP contribution < -0.4 is 4.90 Å². The van der Waals surface area contributed by atoms with Gasteiger partial charge in [0, 0.05) is 37.1 Å². The second-order valence-electron chi connectivity index (χ2n) is 16.4. The average Bonchev–Trinajstić information content (AvgIpc) is 3.76. The lowest BCUT2D eigenvalue weighted by Gasteiger charge is -2.28. The average molecular weight is 832 g/mol. The Kier molecular flexibility index (Phi) is 9.43. The second-order valence-corrected chi connectivity index (χ2v) is 17.4. The third-order valence-corrected chi connectivity index (χ3v) is 13.9. The summed E-state index contributed by atoms with van der Waals surface area (Å²) in [5.41, 5.74) is 15.4. The van der Waals surface area contributed by atoms with Gasteiger partial charge >= 0.3 is 0 Å². The fourth-order valence-electron chi connectivity index (χ4n) is 9.73. The molecule has 0 saturated carbocycles. The predicted molar refractivity (Wildman–Crippen MR) is 276 cm³/mol. The number of para-hydroxylation sites is 1. The van der Waals surface area contributed by atoms with Crippen LogP contribution in [0.1, 0.15) is 0 Å². The van der Waals surface area contributed by atoms with E-state index in [1.165, 1.54) is 97.4 Å². The summed E-state index contributed by atoms with van der Waals surface area (Å²) in [6.45, 7) is 0. The minimum absolute atomic E-state index is 1.09. The SMILES string of the molecule is c1ccc(-c2ccccc2N(c2ccc(-c3ccc4c(c3)c(-c3ccccc3)c(-c3ccccc3)c3ccccc34)cc2)c2cccc(-c3cccc4c3sc3ccccc34)c2)cc1. The van der Waals surface area contributed by atoms with Crippen LogP contribution in [0.15, 0.2) is 249 Å². The fraction of sp³-hybridized carbons (Fsp3) is 0. The van der Waals surface area contributed by atoms with Gasteiger partial charge in [-0.25, -0.2) is 0 Å². The minimum Gasteiger partial charge on any atom is -0.310 e. The lowest BCUT2D eigenvalue weighted by Crippen LogP contribution is -2.11. The van der Waals surface area contributed by atoms with E-state index in [2.05, 4.69) is 254 Å². The second kappa shape index (κ2) is 16.0. The van der Waals surface area contributed by atoms with Crippen molar-refractivity contribution in [2.45, 2.75) is 0 Å².